The van der Waals surface area contributed by atoms with E-state index in [9.17, 15) is 13.6 Å². The first-order valence-corrected chi connectivity index (χ1v) is 9.68. The highest BCUT2D eigenvalue weighted by Crippen LogP contribution is 2.22. The zero-order chi connectivity index (χ0) is 20.4. The molecule has 0 aliphatic rings. The highest BCUT2D eigenvalue weighted by Gasteiger charge is 2.24. The molecule has 0 fully saturated rings. The number of benzene rings is 2. The molecule has 146 valence electrons. The van der Waals surface area contributed by atoms with Crippen LogP contribution in [0.3, 0.4) is 0 Å². The number of hydrogen-bond acceptors (Lipinski definition) is 4. The van der Waals surface area contributed by atoms with Gasteiger partial charge in [0.1, 0.15) is 17.5 Å². The summed E-state index contributed by atoms with van der Waals surface area (Å²) < 4.78 is 28.1. The Hall–Kier alpha value is -3.39. The highest BCUT2D eigenvalue weighted by molar-refractivity contribution is 7.09. The van der Waals surface area contributed by atoms with E-state index in [1.807, 2.05) is 17.5 Å². The molecule has 0 aliphatic carbocycles. The SMILES string of the molecule is Cc1nc(C(=O)N(Cc2cccs2)c2ccc(F)cc2)nn1-c1ccc(F)cc1. The monoisotopic (exact) mass is 410 g/mol. The smallest absolute Gasteiger partial charge is 0.298 e. The molecule has 0 unspecified atom stereocenters. The first-order valence-electron chi connectivity index (χ1n) is 8.81. The molecule has 0 saturated carbocycles. The van der Waals surface area contributed by atoms with Gasteiger partial charge >= 0.3 is 0 Å². The molecule has 0 atom stereocenters. The van der Waals surface area contributed by atoms with Crippen LogP contribution in [0.1, 0.15) is 21.3 Å². The zero-order valence-electron chi connectivity index (χ0n) is 15.4. The van der Waals surface area contributed by atoms with E-state index < -0.39 is 5.91 Å². The average molecular weight is 410 g/mol. The van der Waals surface area contributed by atoms with Crippen molar-refractivity contribution in [3.8, 4) is 5.69 Å². The summed E-state index contributed by atoms with van der Waals surface area (Å²) in [6.45, 7) is 2.03. The number of carbonyl (C=O) groups is 1. The van der Waals surface area contributed by atoms with Gasteiger partial charge in [-0.1, -0.05) is 6.07 Å². The van der Waals surface area contributed by atoms with Gasteiger partial charge in [0.25, 0.3) is 5.91 Å². The van der Waals surface area contributed by atoms with Crippen molar-refractivity contribution in [2.24, 2.45) is 0 Å². The zero-order valence-corrected chi connectivity index (χ0v) is 16.2. The summed E-state index contributed by atoms with van der Waals surface area (Å²) >= 11 is 1.52. The van der Waals surface area contributed by atoms with Gasteiger partial charge in [0, 0.05) is 10.6 Å². The molecule has 0 aliphatic heterocycles. The molecule has 2 aromatic carbocycles. The number of carbonyl (C=O) groups excluding carboxylic acids is 1. The lowest BCUT2D eigenvalue weighted by Crippen LogP contribution is -2.31. The number of aromatic nitrogens is 3. The second-order valence-corrected chi connectivity index (χ2v) is 7.35. The maximum absolute atomic E-state index is 13.4. The minimum atomic E-state index is -0.408. The van der Waals surface area contributed by atoms with Crippen LogP contribution in [0.5, 0.6) is 0 Å². The third-order valence-electron chi connectivity index (χ3n) is 4.31. The standard InChI is InChI=1S/C21H16F2N4OS/c1-14-24-20(25-27(14)18-10-6-16(23)7-11-18)21(28)26(13-19-3-2-12-29-19)17-8-4-15(22)5-9-17/h2-12H,13H2,1H3. The predicted molar refractivity (Wildman–Crippen MR) is 107 cm³/mol. The molecule has 4 rings (SSSR count). The molecular weight excluding hydrogens is 394 g/mol. The molecule has 4 aromatic rings. The molecule has 0 saturated heterocycles. The Kier molecular flexibility index (Phi) is 5.18. The molecule has 0 N–H and O–H groups in total. The Morgan fingerprint density at radius 3 is 2.31 bits per heavy atom. The maximum Gasteiger partial charge on any atom is 0.298 e. The summed E-state index contributed by atoms with van der Waals surface area (Å²) in [4.78, 5) is 20.0. The molecule has 5 nitrogen and oxygen atoms in total. The van der Waals surface area contributed by atoms with Crippen LogP contribution in [0.2, 0.25) is 0 Å². The summed E-state index contributed by atoms with van der Waals surface area (Å²) in [5.41, 5.74) is 1.14. The molecule has 0 radical (unpaired) electrons. The fourth-order valence-electron chi connectivity index (χ4n) is 2.89. The first kappa shape index (κ1) is 18.9. The number of hydrogen-bond donors (Lipinski definition) is 0. The molecule has 1 amide bonds. The second kappa shape index (κ2) is 7.92. The van der Waals surface area contributed by atoms with E-state index in [0.29, 0.717) is 23.7 Å². The van der Waals surface area contributed by atoms with Crippen molar-refractivity contribution < 1.29 is 13.6 Å². The van der Waals surface area contributed by atoms with Crippen molar-refractivity contribution in [2.45, 2.75) is 13.5 Å². The normalized spacial score (nSPS) is 10.9. The lowest BCUT2D eigenvalue weighted by molar-refractivity contribution is 0.0975. The van der Waals surface area contributed by atoms with Crippen molar-refractivity contribution >= 4 is 22.9 Å². The third kappa shape index (κ3) is 4.07. The molecule has 2 heterocycles. The molecule has 8 heteroatoms. The van der Waals surface area contributed by atoms with E-state index >= 15 is 0 Å². The Morgan fingerprint density at radius 2 is 1.69 bits per heavy atom. The topological polar surface area (TPSA) is 51.0 Å². The van der Waals surface area contributed by atoms with Crippen LogP contribution in [-0.2, 0) is 6.54 Å². The van der Waals surface area contributed by atoms with E-state index in [1.165, 1.54) is 45.2 Å². The van der Waals surface area contributed by atoms with Gasteiger partial charge in [0.05, 0.1) is 12.2 Å². The van der Waals surface area contributed by atoms with Gasteiger partial charge in [0.2, 0.25) is 5.82 Å². The van der Waals surface area contributed by atoms with Gasteiger partial charge in [-0.2, -0.15) is 0 Å². The number of halogens is 2. The van der Waals surface area contributed by atoms with Gasteiger partial charge in [-0.15, -0.1) is 16.4 Å². The average Bonchev–Trinajstić information content (AvgIpc) is 3.37. The van der Waals surface area contributed by atoms with E-state index in [2.05, 4.69) is 10.1 Å². The number of anilines is 1. The Morgan fingerprint density at radius 1 is 1.03 bits per heavy atom. The van der Waals surface area contributed by atoms with E-state index in [-0.39, 0.29) is 17.5 Å². The fraction of sp³-hybridized carbons (Fsp3) is 0.0952. The predicted octanol–water partition coefficient (Wildman–Crippen LogP) is 4.76. The number of aryl methyl sites for hydroxylation is 1. The van der Waals surface area contributed by atoms with E-state index in [4.69, 9.17) is 0 Å². The summed E-state index contributed by atoms with van der Waals surface area (Å²) in [5, 5.41) is 6.25. The van der Waals surface area contributed by atoms with Crippen molar-refractivity contribution in [1.82, 2.24) is 14.8 Å². The number of rotatable bonds is 5. The van der Waals surface area contributed by atoms with Crippen LogP contribution in [-0.4, -0.2) is 20.7 Å². The van der Waals surface area contributed by atoms with Crippen LogP contribution >= 0.6 is 11.3 Å². The van der Waals surface area contributed by atoms with Gasteiger partial charge in [-0.05, 0) is 66.9 Å². The number of thiophene rings is 1. The van der Waals surface area contributed by atoms with Crippen LogP contribution in [0.25, 0.3) is 5.69 Å². The first-order chi connectivity index (χ1) is 14.0. The van der Waals surface area contributed by atoms with E-state index in [1.54, 1.807) is 31.2 Å². The van der Waals surface area contributed by atoms with Crippen molar-refractivity contribution in [1.29, 1.82) is 0 Å². The van der Waals surface area contributed by atoms with Crippen molar-refractivity contribution in [3.63, 3.8) is 0 Å². The number of nitrogens with zero attached hydrogens (tertiary/aromatic N) is 4. The molecule has 0 spiro atoms. The Balaban J connectivity index is 1.69. The van der Waals surface area contributed by atoms with Crippen LogP contribution in [0.4, 0.5) is 14.5 Å². The van der Waals surface area contributed by atoms with Crippen molar-refractivity contribution in [3.05, 3.63) is 94.2 Å². The third-order valence-corrected chi connectivity index (χ3v) is 5.17. The van der Waals surface area contributed by atoms with Crippen LogP contribution in [0.15, 0.2) is 66.0 Å². The molecule has 2 aromatic heterocycles. The van der Waals surface area contributed by atoms with Gasteiger partial charge in [0.15, 0.2) is 0 Å². The molecule has 29 heavy (non-hydrogen) atoms. The Bertz CT molecular complexity index is 1120. The van der Waals surface area contributed by atoms with Gasteiger partial charge in [-0.25, -0.2) is 18.4 Å². The summed E-state index contributed by atoms with van der Waals surface area (Å²) in [6, 6.07) is 15.3. The summed E-state index contributed by atoms with van der Waals surface area (Å²) in [7, 11) is 0. The lowest BCUT2D eigenvalue weighted by Gasteiger charge is -2.20. The largest absolute Gasteiger partial charge is 0.300 e. The van der Waals surface area contributed by atoms with Gasteiger partial charge < -0.3 is 4.90 Å². The number of amides is 1. The molecular formula is C21H16F2N4OS. The van der Waals surface area contributed by atoms with Crippen LogP contribution in [0, 0.1) is 18.6 Å². The molecule has 0 bridgehead atoms. The summed E-state index contributed by atoms with van der Waals surface area (Å²) in [6.07, 6.45) is 0. The lowest BCUT2D eigenvalue weighted by atomic mass is 10.2. The Labute approximate surface area is 169 Å². The maximum atomic E-state index is 13.4. The fourth-order valence-corrected chi connectivity index (χ4v) is 3.58. The quantitative estimate of drug-likeness (QED) is 0.477. The van der Waals surface area contributed by atoms with E-state index in [0.717, 1.165) is 4.88 Å². The second-order valence-electron chi connectivity index (χ2n) is 6.32. The van der Waals surface area contributed by atoms with Crippen LogP contribution < -0.4 is 4.90 Å². The van der Waals surface area contributed by atoms with Gasteiger partial charge in [-0.3, -0.25) is 4.79 Å². The van der Waals surface area contributed by atoms with Crippen molar-refractivity contribution in [2.75, 3.05) is 4.90 Å². The minimum Gasteiger partial charge on any atom is -0.300 e. The minimum absolute atomic E-state index is 0.00714. The summed E-state index contributed by atoms with van der Waals surface area (Å²) in [5.74, 6) is -0.648. The highest BCUT2D eigenvalue weighted by atomic mass is 32.1.